The number of nitrogens with zero attached hydrogens (tertiary/aromatic N) is 1. The van der Waals surface area contributed by atoms with Crippen molar-refractivity contribution in [1.82, 2.24) is 10.5 Å². The highest BCUT2D eigenvalue weighted by atomic mass is 16.5. The molecule has 0 radical (unpaired) electrons. The largest absolute Gasteiger partial charge is 0.493 e. The van der Waals surface area contributed by atoms with E-state index in [2.05, 4.69) is 10.5 Å². The number of carbonyl (C=O) groups excluding carboxylic acids is 1. The van der Waals surface area contributed by atoms with Gasteiger partial charge >= 0.3 is 5.97 Å². The van der Waals surface area contributed by atoms with Crippen LogP contribution in [0.1, 0.15) is 48.2 Å². The molecule has 32 heavy (non-hydrogen) atoms. The Kier molecular flexibility index (Phi) is 7.35. The van der Waals surface area contributed by atoms with Crippen molar-refractivity contribution >= 4 is 22.8 Å². The molecule has 1 atom stereocenters. The molecular formula is C24H28N2O6. The first-order valence-electron chi connectivity index (χ1n) is 10.5. The average molecular weight is 440 g/mol. The summed E-state index contributed by atoms with van der Waals surface area (Å²) >= 11 is 0. The fourth-order valence-corrected chi connectivity index (χ4v) is 3.43. The van der Waals surface area contributed by atoms with Crippen LogP contribution in [0, 0.1) is 13.8 Å². The average Bonchev–Trinajstić information content (AvgIpc) is 3.12. The summed E-state index contributed by atoms with van der Waals surface area (Å²) in [6.45, 7) is 6.50. The van der Waals surface area contributed by atoms with Crippen molar-refractivity contribution in [2.45, 2.75) is 46.1 Å². The molecule has 0 spiro atoms. The summed E-state index contributed by atoms with van der Waals surface area (Å²) in [5, 5.41) is 17.0. The summed E-state index contributed by atoms with van der Waals surface area (Å²) in [6, 6.07) is 8.24. The first-order valence-corrected chi connectivity index (χ1v) is 10.5. The third kappa shape index (κ3) is 5.38. The number of carboxylic acids is 1. The van der Waals surface area contributed by atoms with Crippen LogP contribution >= 0.6 is 0 Å². The van der Waals surface area contributed by atoms with Gasteiger partial charge in [-0.25, -0.2) is 0 Å². The molecule has 1 heterocycles. The van der Waals surface area contributed by atoms with E-state index in [-0.39, 0.29) is 18.7 Å². The van der Waals surface area contributed by atoms with E-state index in [1.54, 1.807) is 18.2 Å². The number of methoxy groups -OCH3 is 1. The fourth-order valence-electron chi connectivity index (χ4n) is 3.43. The zero-order chi connectivity index (χ0) is 23.3. The molecule has 3 aromatic rings. The highest BCUT2D eigenvalue weighted by Crippen LogP contribution is 2.31. The van der Waals surface area contributed by atoms with Crippen LogP contribution in [0.15, 0.2) is 34.9 Å². The predicted octanol–water partition coefficient (Wildman–Crippen LogP) is 4.12. The molecular weight excluding hydrogens is 412 g/mol. The molecule has 2 aromatic carbocycles. The van der Waals surface area contributed by atoms with Crippen molar-refractivity contribution < 1.29 is 28.7 Å². The lowest BCUT2D eigenvalue weighted by atomic mass is 10.0. The van der Waals surface area contributed by atoms with Gasteiger partial charge < -0.3 is 24.4 Å². The third-order valence-corrected chi connectivity index (χ3v) is 5.25. The summed E-state index contributed by atoms with van der Waals surface area (Å²) in [7, 11) is 1.52. The quantitative estimate of drug-likeness (QED) is 0.488. The zero-order valence-electron chi connectivity index (χ0n) is 18.7. The molecule has 0 saturated heterocycles. The fraction of sp³-hybridized carbons (Fsp3) is 0.375. The van der Waals surface area contributed by atoms with Crippen LogP contribution in [0.25, 0.3) is 11.0 Å². The smallest absolute Gasteiger partial charge is 0.305 e. The lowest BCUT2D eigenvalue weighted by Crippen LogP contribution is -2.31. The van der Waals surface area contributed by atoms with Crippen molar-refractivity contribution in [2.24, 2.45) is 0 Å². The summed E-state index contributed by atoms with van der Waals surface area (Å²) < 4.78 is 16.4. The third-order valence-electron chi connectivity index (χ3n) is 5.25. The molecule has 1 aromatic heterocycles. The molecule has 2 N–H and O–H groups in total. The Morgan fingerprint density at radius 1 is 1.16 bits per heavy atom. The maximum absolute atomic E-state index is 12.8. The number of carboxylic acid groups (broad SMARTS) is 1. The van der Waals surface area contributed by atoms with Crippen LogP contribution in [0.3, 0.4) is 0 Å². The van der Waals surface area contributed by atoms with E-state index < -0.39 is 12.0 Å². The van der Waals surface area contributed by atoms with Gasteiger partial charge in [0, 0.05) is 5.39 Å². The Morgan fingerprint density at radius 2 is 1.91 bits per heavy atom. The number of benzene rings is 2. The molecule has 170 valence electrons. The van der Waals surface area contributed by atoms with E-state index in [1.807, 2.05) is 32.9 Å². The van der Waals surface area contributed by atoms with E-state index in [0.29, 0.717) is 34.9 Å². The van der Waals surface area contributed by atoms with Crippen LogP contribution in [0.5, 0.6) is 11.5 Å². The number of hydrogen-bond donors (Lipinski definition) is 2. The minimum atomic E-state index is -1.03. The minimum absolute atomic E-state index is 0.0273. The van der Waals surface area contributed by atoms with Crippen LogP contribution in [-0.2, 0) is 16.0 Å². The van der Waals surface area contributed by atoms with Crippen LogP contribution in [0.4, 0.5) is 0 Å². The van der Waals surface area contributed by atoms with Gasteiger partial charge in [0.15, 0.2) is 17.1 Å². The Bertz CT molecular complexity index is 1120. The summed E-state index contributed by atoms with van der Waals surface area (Å²) in [5.74, 6) is -0.333. The van der Waals surface area contributed by atoms with Gasteiger partial charge in [0.05, 0.1) is 32.6 Å². The highest BCUT2D eigenvalue weighted by molar-refractivity contribution is 5.87. The number of ether oxygens (including phenoxy) is 2. The second-order valence-corrected chi connectivity index (χ2v) is 7.72. The van der Waals surface area contributed by atoms with Crippen LogP contribution in [0.2, 0.25) is 0 Å². The molecule has 1 amide bonds. The van der Waals surface area contributed by atoms with Crippen molar-refractivity contribution in [1.29, 1.82) is 0 Å². The molecule has 0 fully saturated rings. The number of rotatable bonds is 10. The molecule has 0 saturated carbocycles. The van der Waals surface area contributed by atoms with E-state index in [4.69, 9.17) is 14.0 Å². The van der Waals surface area contributed by atoms with Crippen LogP contribution in [-0.4, -0.2) is 35.9 Å². The van der Waals surface area contributed by atoms with E-state index in [1.165, 1.54) is 7.11 Å². The number of amides is 1. The molecule has 3 rings (SSSR count). The highest BCUT2D eigenvalue weighted by Gasteiger charge is 2.22. The number of aryl methyl sites for hydroxylation is 2. The van der Waals surface area contributed by atoms with Crippen molar-refractivity contribution in [3.05, 3.63) is 52.7 Å². The van der Waals surface area contributed by atoms with Gasteiger partial charge in [-0.3, -0.25) is 9.59 Å². The van der Waals surface area contributed by atoms with Gasteiger partial charge in [0.1, 0.15) is 5.69 Å². The molecule has 0 aliphatic carbocycles. The predicted molar refractivity (Wildman–Crippen MR) is 119 cm³/mol. The summed E-state index contributed by atoms with van der Waals surface area (Å²) in [5.41, 5.74) is 3.88. The number of carbonyl (C=O) groups is 2. The maximum Gasteiger partial charge on any atom is 0.305 e. The van der Waals surface area contributed by atoms with E-state index in [9.17, 15) is 14.7 Å². The van der Waals surface area contributed by atoms with Crippen molar-refractivity contribution in [3.63, 3.8) is 0 Å². The molecule has 0 aliphatic rings. The number of fused-ring (bicyclic) bond motifs is 1. The van der Waals surface area contributed by atoms with E-state index in [0.717, 1.165) is 22.9 Å². The zero-order valence-corrected chi connectivity index (χ0v) is 18.7. The molecule has 8 nitrogen and oxygen atoms in total. The molecule has 1 unspecified atom stereocenters. The summed E-state index contributed by atoms with van der Waals surface area (Å²) in [4.78, 5) is 24.2. The normalized spacial score (nSPS) is 11.9. The Balaban J connectivity index is 1.81. The standard InChI is InChI=1S/C24H28N2O6/c1-5-8-31-20-7-6-16(11-22(20)30-4)18(13-24(28)29)25-23(27)12-19-17-9-14(2)15(3)10-21(17)32-26-19/h6-7,9-11,18H,5,8,12-13H2,1-4H3,(H,25,27)(H,28,29). The van der Waals surface area contributed by atoms with E-state index >= 15 is 0 Å². The topological polar surface area (TPSA) is 111 Å². The minimum Gasteiger partial charge on any atom is -0.493 e. The lowest BCUT2D eigenvalue weighted by molar-refractivity contribution is -0.137. The number of nitrogens with one attached hydrogen (secondary N) is 1. The second kappa shape index (κ2) is 10.2. The number of aliphatic carboxylic acids is 1. The van der Waals surface area contributed by atoms with Crippen molar-refractivity contribution in [2.75, 3.05) is 13.7 Å². The molecule has 0 bridgehead atoms. The van der Waals surface area contributed by atoms with Gasteiger partial charge in [-0.2, -0.15) is 0 Å². The SMILES string of the molecule is CCCOc1ccc(C(CC(=O)O)NC(=O)Cc2noc3cc(C)c(C)cc23)cc1OC. The van der Waals surface area contributed by atoms with Gasteiger partial charge in [-0.05, 0) is 61.2 Å². The van der Waals surface area contributed by atoms with Crippen LogP contribution < -0.4 is 14.8 Å². The Hall–Kier alpha value is -3.55. The monoisotopic (exact) mass is 440 g/mol. The van der Waals surface area contributed by atoms with Gasteiger partial charge in [0.2, 0.25) is 5.91 Å². The van der Waals surface area contributed by atoms with Crippen molar-refractivity contribution in [3.8, 4) is 11.5 Å². The van der Waals surface area contributed by atoms with Gasteiger partial charge in [-0.1, -0.05) is 18.1 Å². The molecule has 0 aliphatic heterocycles. The first kappa shape index (κ1) is 23.1. The Labute approximate surface area is 186 Å². The molecule has 8 heteroatoms. The van der Waals surface area contributed by atoms with Gasteiger partial charge in [0.25, 0.3) is 0 Å². The Morgan fingerprint density at radius 3 is 2.59 bits per heavy atom. The van der Waals surface area contributed by atoms with Gasteiger partial charge in [-0.15, -0.1) is 0 Å². The number of hydrogen-bond acceptors (Lipinski definition) is 6. The lowest BCUT2D eigenvalue weighted by Gasteiger charge is -2.19. The first-order chi connectivity index (χ1) is 15.3. The number of aromatic nitrogens is 1. The summed E-state index contributed by atoms with van der Waals surface area (Å²) in [6.07, 6.45) is 0.542. The maximum atomic E-state index is 12.8. The second-order valence-electron chi connectivity index (χ2n) is 7.72.